The Hall–Kier alpha value is -1.21. The number of carbonyl (C=O) groups is 2. The summed E-state index contributed by atoms with van der Waals surface area (Å²) in [6, 6.07) is 0. The SMILES string of the molecule is CCOC(=O)Cc1csc(=S)n1CCCC(=O)O. The molecule has 1 aromatic rings. The highest BCUT2D eigenvalue weighted by molar-refractivity contribution is 7.73. The van der Waals surface area contributed by atoms with E-state index in [1.54, 1.807) is 11.5 Å². The minimum absolute atomic E-state index is 0.0937. The first-order valence-electron chi connectivity index (χ1n) is 5.59. The van der Waals surface area contributed by atoms with Gasteiger partial charge in [0, 0.05) is 24.0 Å². The second-order valence-electron chi connectivity index (χ2n) is 3.62. The van der Waals surface area contributed by atoms with Crippen LogP contribution in [0.3, 0.4) is 0 Å². The fraction of sp³-hybridized carbons (Fsp3) is 0.545. The summed E-state index contributed by atoms with van der Waals surface area (Å²) in [6.45, 7) is 2.62. The highest BCUT2D eigenvalue weighted by Gasteiger charge is 2.10. The molecule has 0 unspecified atom stereocenters. The van der Waals surface area contributed by atoms with Crippen LogP contribution in [0.25, 0.3) is 0 Å². The van der Waals surface area contributed by atoms with Crippen LogP contribution in [0.4, 0.5) is 0 Å². The molecule has 0 aliphatic carbocycles. The van der Waals surface area contributed by atoms with Crippen LogP contribution in [0.1, 0.15) is 25.5 Å². The molecule has 0 aromatic carbocycles. The lowest BCUT2D eigenvalue weighted by molar-refractivity contribution is -0.142. The topological polar surface area (TPSA) is 68.5 Å². The monoisotopic (exact) mass is 289 g/mol. The van der Waals surface area contributed by atoms with Crippen molar-refractivity contribution in [3.8, 4) is 0 Å². The van der Waals surface area contributed by atoms with E-state index in [0.717, 1.165) is 5.69 Å². The number of aromatic nitrogens is 1. The standard InChI is InChI=1S/C11H15NO4S2/c1-2-16-10(15)6-8-7-18-11(17)12(8)5-3-4-9(13)14/h7H,2-6H2,1H3,(H,13,14). The molecule has 0 saturated carbocycles. The van der Waals surface area contributed by atoms with Crippen molar-refractivity contribution in [2.75, 3.05) is 6.61 Å². The number of hydrogen-bond donors (Lipinski definition) is 1. The number of carboxylic acid groups (broad SMARTS) is 1. The van der Waals surface area contributed by atoms with Gasteiger partial charge in [-0.2, -0.15) is 0 Å². The van der Waals surface area contributed by atoms with Gasteiger partial charge < -0.3 is 14.4 Å². The van der Waals surface area contributed by atoms with Gasteiger partial charge >= 0.3 is 11.9 Å². The third-order valence-electron chi connectivity index (χ3n) is 2.27. The summed E-state index contributed by atoms with van der Waals surface area (Å²) in [7, 11) is 0. The molecule has 0 spiro atoms. The van der Waals surface area contributed by atoms with Crippen molar-refractivity contribution in [2.45, 2.75) is 32.7 Å². The Kier molecular flexibility index (Phi) is 6.00. The molecule has 100 valence electrons. The third kappa shape index (κ3) is 4.58. The van der Waals surface area contributed by atoms with E-state index in [9.17, 15) is 9.59 Å². The van der Waals surface area contributed by atoms with Crippen molar-refractivity contribution in [3.63, 3.8) is 0 Å². The molecule has 1 aromatic heterocycles. The van der Waals surface area contributed by atoms with Crippen LogP contribution in [0.2, 0.25) is 0 Å². The van der Waals surface area contributed by atoms with Gasteiger partial charge in [-0.05, 0) is 25.6 Å². The van der Waals surface area contributed by atoms with Crippen molar-refractivity contribution < 1.29 is 19.4 Å². The van der Waals surface area contributed by atoms with E-state index in [0.29, 0.717) is 23.5 Å². The molecular formula is C11H15NO4S2. The van der Waals surface area contributed by atoms with Crippen LogP contribution in [-0.4, -0.2) is 28.2 Å². The van der Waals surface area contributed by atoms with Gasteiger partial charge in [0.1, 0.15) is 0 Å². The van der Waals surface area contributed by atoms with E-state index in [-0.39, 0.29) is 18.8 Å². The molecular weight excluding hydrogens is 274 g/mol. The average Bonchev–Trinajstić information content (AvgIpc) is 2.61. The highest BCUT2D eigenvalue weighted by Crippen LogP contribution is 2.13. The van der Waals surface area contributed by atoms with Crippen molar-refractivity contribution >= 4 is 35.5 Å². The number of hydrogen-bond acceptors (Lipinski definition) is 5. The normalized spacial score (nSPS) is 10.3. The molecule has 7 heteroatoms. The Labute approximate surface area is 114 Å². The first-order valence-corrected chi connectivity index (χ1v) is 6.88. The Balaban J connectivity index is 2.66. The number of thiazole rings is 1. The van der Waals surface area contributed by atoms with Crippen LogP contribution in [0, 0.1) is 3.95 Å². The Morgan fingerprint density at radius 2 is 2.28 bits per heavy atom. The second-order valence-corrected chi connectivity index (χ2v) is 5.13. The predicted octanol–water partition coefficient (Wildman–Crippen LogP) is 2.25. The summed E-state index contributed by atoms with van der Waals surface area (Å²) in [5.74, 6) is -1.12. The molecule has 0 aliphatic rings. The number of nitrogens with zero attached hydrogens (tertiary/aromatic N) is 1. The summed E-state index contributed by atoms with van der Waals surface area (Å²) in [5.41, 5.74) is 0.786. The van der Waals surface area contributed by atoms with Crippen molar-refractivity contribution in [3.05, 3.63) is 15.0 Å². The Morgan fingerprint density at radius 1 is 1.56 bits per heavy atom. The molecule has 1 N–H and O–H groups in total. The summed E-state index contributed by atoms with van der Waals surface area (Å²) < 4.78 is 7.33. The zero-order valence-electron chi connectivity index (χ0n) is 10.0. The maximum Gasteiger partial charge on any atom is 0.311 e. The summed E-state index contributed by atoms with van der Waals surface area (Å²) >= 11 is 6.52. The number of aliphatic carboxylic acids is 1. The van der Waals surface area contributed by atoms with Gasteiger partial charge in [-0.3, -0.25) is 9.59 Å². The van der Waals surface area contributed by atoms with Crippen molar-refractivity contribution in [2.24, 2.45) is 0 Å². The molecule has 0 fully saturated rings. The van der Waals surface area contributed by atoms with Crippen LogP contribution in [-0.2, 0) is 27.3 Å². The average molecular weight is 289 g/mol. The first kappa shape index (κ1) is 14.8. The second kappa shape index (κ2) is 7.27. The van der Waals surface area contributed by atoms with Gasteiger partial charge in [0.25, 0.3) is 0 Å². The van der Waals surface area contributed by atoms with E-state index in [2.05, 4.69) is 0 Å². The quantitative estimate of drug-likeness (QED) is 0.616. The van der Waals surface area contributed by atoms with Gasteiger partial charge in [-0.25, -0.2) is 0 Å². The number of esters is 1. The molecule has 0 bridgehead atoms. The highest BCUT2D eigenvalue weighted by atomic mass is 32.1. The fourth-order valence-electron chi connectivity index (χ4n) is 1.48. The van der Waals surface area contributed by atoms with Gasteiger partial charge in [-0.15, -0.1) is 11.3 Å². The number of carboxylic acids is 1. The molecule has 0 saturated heterocycles. The lowest BCUT2D eigenvalue weighted by Gasteiger charge is -2.07. The molecule has 0 amide bonds. The molecule has 0 aliphatic heterocycles. The minimum atomic E-state index is -0.830. The summed E-state index contributed by atoms with van der Waals surface area (Å²) in [6.07, 6.45) is 0.765. The lowest BCUT2D eigenvalue weighted by atomic mass is 10.3. The predicted molar refractivity (Wildman–Crippen MR) is 70.3 cm³/mol. The van der Waals surface area contributed by atoms with Gasteiger partial charge in [-0.1, -0.05) is 0 Å². The largest absolute Gasteiger partial charge is 0.481 e. The minimum Gasteiger partial charge on any atom is -0.481 e. The number of rotatable bonds is 7. The van der Waals surface area contributed by atoms with Gasteiger partial charge in [0.05, 0.1) is 13.0 Å². The van der Waals surface area contributed by atoms with Gasteiger partial charge in [0.15, 0.2) is 3.95 Å². The fourth-order valence-corrected chi connectivity index (χ4v) is 2.62. The number of carbonyl (C=O) groups excluding carboxylic acids is 1. The molecule has 0 atom stereocenters. The molecule has 1 heterocycles. The molecule has 5 nitrogen and oxygen atoms in total. The zero-order valence-corrected chi connectivity index (χ0v) is 11.7. The Bertz CT molecular complexity index is 478. The maximum absolute atomic E-state index is 11.4. The van der Waals surface area contributed by atoms with E-state index < -0.39 is 5.97 Å². The Morgan fingerprint density at radius 3 is 2.89 bits per heavy atom. The van der Waals surface area contributed by atoms with Crippen molar-refractivity contribution in [1.29, 1.82) is 0 Å². The van der Waals surface area contributed by atoms with Crippen LogP contribution < -0.4 is 0 Å². The number of ether oxygens (including phenoxy) is 1. The summed E-state index contributed by atoms with van der Waals surface area (Å²) in [5, 5.41) is 10.4. The first-order chi connectivity index (χ1) is 8.54. The van der Waals surface area contributed by atoms with Crippen molar-refractivity contribution in [1.82, 2.24) is 4.57 Å². The van der Waals surface area contributed by atoms with Gasteiger partial charge in [0.2, 0.25) is 0 Å². The van der Waals surface area contributed by atoms with E-state index in [1.165, 1.54) is 11.3 Å². The molecule has 18 heavy (non-hydrogen) atoms. The molecule has 0 radical (unpaired) electrons. The lowest BCUT2D eigenvalue weighted by Crippen LogP contribution is -2.12. The third-order valence-corrected chi connectivity index (χ3v) is 3.59. The van der Waals surface area contributed by atoms with E-state index in [1.807, 2.05) is 5.38 Å². The van der Waals surface area contributed by atoms with E-state index >= 15 is 0 Å². The molecule has 1 rings (SSSR count). The van der Waals surface area contributed by atoms with Crippen LogP contribution in [0.5, 0.6) is 0 Å². The smallest absolute Gasteiger partial charge is 0.311 e. The zero-order chi connectivity index (χ0) is 13.5. The van der Waals surface area contributed by atoms with Crippen LogP contribution in [0.15, 0.2) is 5.38 Å². The maximum atomic E-state index is 11.4. The van der Waals surface area contributed by atoms with E-state index in [4.69, 9.17) is 22.1 Å². The summed E-state index contributed by atoms with van der Waals surface area (Å²) in [4.78, 5) is 21.9. The van der Waals surface area contributed by atoms with Crippen LogP contribution >= 0.6 is 23.6 Å².